The number of rotatable bonds is 5. The summed E-state index contributed by atoms with van der Waals surface area (Å²) in [5, 5.41) is 3.04. The molecule has 1 saturated heterocycles. The fourth-order valence-electron chi connectivity index (χ4n) is 3.04. The van der Waals surface area contributed by atoms with Crippen LogP contribution in [0.15, 0.2) is 18.2 Å². The molecule has 1 amide bonds. The third-order valence-corrected chi connectivity index (χ3v) is 5.87. The lowest BCUT2D eigenvalue weighted by Crippen LogP contribution is -2.43. The number of hydrogen-bond acceptors (Lipinski definition) is 4. The highest BCUT2D eigenvalue weighted by atomic mass is 32.2. The zero-order valence-corrected chi connectivity index (χ0v) is 15.5. The van der Waals surface area contributed by atoms with Gasteiger partial charge in [-0.3, -0.25) is 4.79 Å². The van der Waals surface area contributed by atoms with E-state index in [1.165, 1.54) is 10.6 Å². The Morgan fingerprint density at radius 2 is 1.96 bits per heavy atom. The minimum Gasteiger partial charge on any atom is -0.496 e. The summed E-state index contributed by atoms with van der Waals surface area (Å²) in [6.07, 6.45) is 2.34. The second-order valence-electron chi connectivity index (χ2n) is 6.40. The summed E-state index contributed by atoms with van der Waals surface area (Å²) in [4.78, 5) is 12.4. The Kier molecular flexibility index (Phi) is 5.87. The van der Waals surface area contributed by atoms with Crippen LogP contribution in [0.25, 0.3) is 0 Å². The average Bonchev–Trinajstić information content (AvgIpc) is 2.54. The van der Waals surface area contributed by atoms with Crippen molar-refractivity contribution in [2.24, 2.45) is 5.92 Å². The predicted molar refractivity (Wildman–Crippen MR) is 93.4 cm³/mol. The third kappa shape index (κ3) is 4.48. The number of carbonyl (C=O) groups excluding carboxylic acids is 1. The van der Waals surface area contributed by atoms with Crippen LogP contribution in [0, 0.1) is 12.8 Å². The molecule has 0 bridgehead atoms. The SMILES string of the molecule is COc1ccc([C@@H](C)NC(=O)C2CCN(S(C)(=O)=O)CC2)cc1C. The molecule has 134 valence electrons. The molecule has 7 heteroatoms. The van der Waals surface area contributed by atoms with Gasteiger partial charge < -0.3 is 10.1 Å². The minimum atomic E-state index is -3.16. The van der Waals surface area contributed by atoms with Crippen LogP contribution in [-0.2, 0) is 14.8 Å². The molecule has 0 aromatic heterocycles. The van der Waals surface area contributed by atoms with Gasteiger partial charge in [-0.05, 0) is 43.9 Å². The monoisotopic (exact) mass is 354 g/mol. The van der Waals surface area contributed by atoms with Gasteiger partial charge in [0.15, 0.2) is 0 Å². The number of sulfonamides is 1. The van der Waals surface area contributed by atoms with Crippen molar-refractivity contribution in [2.75, 3.05) is 26.5 Å². The Morgan fingerprint density at radius 3 is 2.46 bits per heavy atom. The minimum absolute atomic E-state index is 0.0101. The molecule has 1 aliphatic heterocycles. The van der Waals surface area contributed by atoms with E-state index in [1.54, 1.807) is 7.11 Å². The molecule has 0 spiro atoms. The highest BCUT2D eigenvalue weighted by Crippen LogP contribution is 2.24. The number of methoxy groups -OCH3 is 1. The van der Waals surface area contributed by atoms with Gasteiger partial charge in [-0.2, -0.15) is 0 Å². The molecule has 24 heavy (non-hydrogen) atoms. The normalized spacial score (nSPS) is 18.2. The first kappa shape index (κ1) is 18.7. The topological polar surface area (TPSA) is 75.7 Å². The summed E-state index contributed by atoms with van der Waals surface area (Å²) in [6, 6.07) is 5.76. The van der Waals surface area contributed by atoms with Crippen LogP contribution in [0.1, 0.15) is 36.9 Å². The van der Waals surface area contributed by atoms with Gasteiger partial charge >= 0.3 is 0 Å². The summed E-state index contributed by atoms with van der Waals surface area (Å²) in [5.41, 5.74) is 2.05. The maximum Gasteiger partial charge on any atom is 0.223 e. The summed E-state index contributed by atoms with van der Waals surface area (Å²) >= 11 is 0. The van der Waals surface area contributed by atoms with Crippen molar-refractivity contribution in [3.8, 4) is 5.75 Å². The number of benzene rings is 1. The molecule has 6 nitrogen and oxygen atoms in total. The van der Waals surface area contributed by atoms with E-state index in [1.807, 2.05) is 32.0 Å². The highest BCUT2D eigenvalue weighted by molar-refractivity contribution is 7.88. The van der Waals surface area contributed by atoms with Crippen molar-refractivity contribution < 1.29 is 17.9 Å². The fraction of sp³-hybridized carbons (Fsp3) is 0.588. The second kappa shape index (κ2) is 7.53. The fourth-order valence-corrected chi connectivity index (χ4v) is 3.91. The zero-order valence-electron chi connectivity index (χ0n) is 14.7. The molecule has 1 aliphatic rings. The molecule has 1 fully saturated rings. The van der Waals surface area contributed by atoms with E-state index in [0.29, 0.717) is 25.9 Å². The van der Waals surface area contributed by atoms with Crippen LogP contribution in [0.2, 0.25) is 0 Å². The van der Waals surface area contributed by atoms with E-state index in [2.05, 4.69) is 5.32 Å². The molecule has 0 aliphatic carbocycles. The lowest BCUT2D eigenvalue weighted by molar-refractivity contribution is -0.126. The van der Waals surface area contributed by atoms with Crippen molar-refractivity contribution >= 4 is 15.9 Å². The Morgan fingerprint density at radius 1 is 1.33 bits per heavy atom. The van der Waals surface area contributed by atoms with Crippen molar-refractivity contribution in [1.29, 1.82) is 0 Å². The quantitative estimate of drug-likeness (QED) is 0.876. The number of carbonyl (C=O) groups is 1. The van der Waals surface area contributed by atoms with Gasteiger partial charge in [0, 0.05) is 19.0 Å². The predicted octanol–water partition coefficient (Wildman–Crippen LogP) is 1.85. The molecule has 1 heterocycles. The van der Waals surface area contributed by atoms with E-state index >= 15 is 0 Å². The first-order valence-electron chi connectivity index (χ1n) is 8.12. The number of ether oxygens (including phenoxy) is 1. The van der Waals surface area contributed by atoms with Crippen LogP contribution in [-0.4, -0.2) is 45.1 Å². The van der Waals surface area contributed by atoms with Crippen LogP contribution >= 0.6 is 0 Å². The molecule has 0 saturated carbocycles. The standard InChI is InChI=1S/C17H26N2O4S/c1-12-11-15(5-6-16(12)23-3)13(2)18-17(20)14-7-9-19(10-8-14)24(4,21)22/h5-6,11,13-14H,7-10H2,1-4H3,(H,18,20)/t13-/m1/s1. The number of amides is 1. The molecular weight excluding hydrogens is 328 g/mol. The van der Waals surface area contributed by atoms with Gasteiger partial charge in [-0.15, -0.1) is 0 Å². The first-order valence-corrected chi connectivity index (χ1v) is 9.97. The highest BCUT2D eigenvalue weighted by Gasteiger charge is 2.29. The van der Waals surface area contributed by atoms with Crippen LogP contribution < -0.4 is 10.1 Å². The van der Waals surface area contributed by atoms with Gasteiger partial charge in [0.05, 0.1) is 19.4 Å². The number of hydrogen-bond donors (Lipinski definition) is 1. The smallest absolute Gasteiger partial charge is 0.223 e. The van der Waals surface area contributed by atoms with Gasteiger partial charge in [0.25, 0.3) is 0 Å². The maximum absolute atomic E-state index is 12.4. The van der Waals surface area contributed by atoms with Crippen molar-refractivity contribution in [3.05, 3.63) is 29.3 Å². The second-order valence-corrected chi connectivity index (χ2v) is 8.38. The Balaban J connectivity index is 1.94. The van der Waals surface area contributed by atoms with E-state index in [0.717, 1.165) is 16.9 Å². The van der Waals surface area contributed by atoms with Crippen LogP contribution in [0.4, 0.5) is 0 Å². The summed E-state index contributed by atoms with van der Waals surface area (Å²) in [7, 11) is -1.53. The van der Waals surface area contributed by atoms with Gasteiger partial charge in [0.2, 0.25) is 15.9 Å². The van der Waals surface area contributed by atoms with Crippen molar-refractivity contribution in [3.63, 3.8) is 0 Å². The van der Waals surface area contributed by atoms with Gasteiger partial charge in [-0.25, -0.2) is 12.7 Å². The van der Waals surface area contributed by atoms with Crippen LogP contribution in [0.3, 0.4) is 0 Å². The molecule has 0 radical (unpaired) electrons. The number of piperidine rings is 1. The summed E-state index contributed by atoms with van der Waals surface area (Å²) in [6.45, 7) is 4.74. The molecule has 1 aromatic carbocycles. The Hall–Kier alpha value is -1.60. The lowest BCUT2D eigenvalue weighted by Gasteiger charge is -2.30. The molecule has 0 unspecified atom stereocenters. The molecule has 2 rings (SSSR count). The molecule has 1 aromatic rings. The average molecular weight is 354 g/mol. The number of nitrogens with zero attached hydrogens (tertiary/aromatic N) is 1. The molecule has 1 atom stereocenters. The number of aryl methyl sites for hydroxylation is 1. The molecular formula is C17H26N2O4S. The zero-order chi connectivity index (χ0) is 17.9. The lowest BCUT2D eigenvalue weighted by atomic mass is 9.96. The van der Waals surface area contributed by atoms with Crippen molar-refractivity contribution in [2.45, 2.75) is 32.7 Å². The Labute approximate surface area is 144 Å². The van der Waals surface area contributed by atoms with E-state index in [4.69, 9.17) is 4.74 Å². The van der Waals surface area contributed by atoms with E-state index in [-0.39, 0.29) is 17.9 Å². The maximum atomic E-state index is 12.4. The van der Waals surface area contributed by atoms with Crippen LogP contribution in [0.5, 0.6) is 5.75 Å². The summed E-state index contributed by atoms with van der Waals surface area (Å²) in [5.74, 6) is 0.680. The van der Waals surface area contributed by atoms with Crippen molar-refractivity contribution in [1.82, 2.24) is 9.62 Å². The molecule has 1 N–H and O–H groups in total. The van der Waals surface area contributed by atoms with E-state index in [9.17, 15) is 13.2 Å². The first-order chi connectivity index (χ1) is 11.2. The Bertz CT molecular complexity index is 695. The van der Waals surface area contributed by atoms with E-state index < -0.39 is 10.0 Å². The summed E-state index contributed by atoms with van der Waals surface area (Å²) < 4.78 is 29.7. The van der Waals surface area contributed by atoms with Gasteiger partial charge in [-0.1, -0.05) is 12.1 Å². The van der Waals surface area contributed by atoms with Gasteiger partial charge in [0.1, 0.15) is 5.75 Å². The number of nitrogens with one attached hydrogen (secondary N) is 1. The largest absolute Gasteiger partial charge is 0.496 e. The third-order valence-electron chi connectivity index (χ3n) is 4.57.